The first-order valence-electron chi connectivity index (χ1n) is 10.7. The molecule has 5 heterocycles. The lowest BCUT2D eigenvalue weighted by atomic mass is 9.58. The van der Waals surface area contributed by atoms with E-state index in [1.807, 2.05) is 37.5 Å². The Balaban J connectivity index is 1.41. The highest BCUT2D eigenvalue weighted by Gasteiger charge is 2.70. The largest absolute Gasteiger partial charge is 0.432 e. The van der Waals surface area contributed by atoms with E-state index >= 15 is 0 Å². The van der Waals surface area contributed by atoms with Gasteiger partial charge in [0, 0.05) is 24.8 Å². The number of rotatable bonds is 2. The van der Waals surface area contributed by atoms with E-state index in [0.717, 1.165) is 36.7 Å². The number of aromatic nitrogens is 2. The van der Waals surface area contributed by atoms with E-state index < -0.39 is 17.7 Å². The van der Waals surface area contributed by atoms with Crippen LogP contribution < -0.4 is 0 Å². The summed E-state index contributed by atoms with van der Waals surface area (Å²) in [6.07, 6.45) is 4.75. The lowest BCUT2D eigenvalue weighted by Crippen LogP contribution is -2.70. The molecule has 7 heteroatoms. The van der Waals surface area contributed by atoms with E-state index in [0.29, 0.717) is 12.5 Å². The van der Waals surface area contributed by atoms with Crippen LogP contribution in [0.4, 0.5) is 0 Å². The van der Waals surface area contributed by atoms with Crippen molar-refractivity contribution in [3.63, 3.8) is 0 Å². The Hall–Kier alpha value is -1.96. The van der Waals surface area contributed by atoms with Crippen LogP contribution in [0.1, 0.15) is 39.5 Å². The third-order valence-corrected chi connectivity index (χ3v) is 7.71. The molecular formula is C22H26N2O5. The summed E-state index contributed by atoms with van der Waals surface area (Å²) in [5, 5.41) is 0. The van der Waals surface area contributed by atoms with E-state index in [1.54, 1.807) is 0 Å². The van der Waals surface area contributed by atoms with E-state index in [-0.39, 0.29) is 23.7 Å². The first kappa shape index (κ1) is 17.9. The van der Waals surface area contributed by atoms with Crippen molar-refractivity contribution in [1.29, 1.82) is 0 Å². The molecule has 0 N–H and O–H groups in total. The summed E-state index contributed by atoms with van der Waals surface area (Å²) in [6.45, 7) is 4.65. The summed E-state index contributed by atoms with van der Waals surface area (Å²) < 4.78 is 14.2. The molecule has 4 aliphatic heterocycles. The van der Waals surface area contributed by atoms with Crippen LogP contribution in [0.15, 0.2) is 30.6 Å². The monoisotopic (exact) mass is 398 g/mol. The van der Waals surface area contributed by atoms with E-state index in [4.69, 9.17) is 19.2 Å². The number of benzene rings is 1. The number of carbonyl (C=O) groups is 1. The van der Waals surface area contributed by atoms with Gasteiger partial charge in [-0.2, -0.15) is 0 Å². The molecule has 2 bridgehead atoms. The maximum atomic E-state index is 13.2. The molecule has 154 valence electrons. The Bertz CT molecular complexity index is 975. The zero-order valence-electron chi connectivity index (χ0n) is 16.7. The van der Waals surface area contributed by atoms with Crippen LogP contribution in [-0.2, 0) is 30.6 Å². The van der Waals surface area contributed by atoms with E-state index in [1.165, 1.54) is 0 Å². The predicted octanol–water partition coefficient (Wildman–Crippen LogP) is 3.42. The average molecular weight is 398 g/mol. The molecule has 1 aromatic heterocycles. The Morgan fingerprint density at radius 3 is 2.93 bits per heavy atom. The van der Waals surface area contributed by atoms with Gasteiger partial charge in [0.25, 0.3) is 0 Å². The molecule has 7 atom stereocenters. The van der Waals surface area contributed by atoms with Crippen molar-refractivity contribution in [2.75, 3.05) is 0 Å². The second-order valence-corrected chi connectivity index (χ2v) is 9.34. The fourth-order valence-corrected chi connectivity index (χ4v) is 6.19. The molecule has 5 fully saturated rings. The highest BCUT2D eigenvalue weighted by atomic mass is 17.3. The van der Waals surface area contributed by atoms with Gasteiger partial charge in [0.1, 0.15) is 0 Å². The van der Waals surface area contributed by atoms with Crippen molar-refractivity contribution in [2.24, 2.45) is 23.7 Å². The zero-order chi connectivity index (χ0) is 19.8. The molecule has 1 aliphatic carbocycles. The molecule has 5 aliphatic rings. The summed E-state index contributed by atoms with van der Waals surface area (Å²) in [5.41, 5.74) is 1.21. The first-order valence-corrected chi connectivity index (χ1v) is 10.7. The third-order valence-electron chi connectivity index (χ3n) is 7.71. The number of ether oxygens (including phenoxy) is 2. The number of hydrogen-bond acceptors (Lipinski definition) is 6. The van der Waals surface area contributed by atoms with Crippen LogP contribution in [0.5, 0.6) is 0 Å². The number of hydrogen-bond donors (Lipinski definition) is 0. The van der Waals surface area contributed by atoms with Gasteiger partial charge in [-0.15, -0.1) is 0 Å². The first-order chi connectivity index (χ1) is 14.0. The maximum absolute atomic E-state index is 13.2. The number of carbonyl (C=O) groups excluding carboxylic acids is 1. The van der Waals surface area contributed by atoms with Crippen molar-refractivity contribution in [3.05, 3.63) is 30.6 Å². The van der Waals surface area contributed by atoms with Gasteiger partial charge in [-0.05, 0) is 44.2 Å². The number of para-hydroxylation sites is 2. The van der Waals surface area contributed by atoms with Crippen LogP contribution in [0, 0.1) is 23.7 Å². The molecule has 2 unspecified atom stereocenters. The molecule has 2 aromatic rings. The average Bonchev–Trinajstić information content (AvgIpc) is 2.98. The molecule has 7 nitrogen and oxygen atoms in total. The van der Waals surface area contributed by atoms with Gasteiger partial charge in [-0.1, -0.05) is 19.1 Å². The van der Waals surface area contributed by atoms with E-state index in [9.17, 15) is 4.79 Å². The Morgan fingerprint density at radius 1 is 1.17 bits per heavy atom. The minimum atomic E-state index is -0.856. The minimum absolute atomic E-state index is 0.0150. The van der Waals surface area contributed by atoms with Gasteiger partial charge >= 0.3 is 5.97 Å². The van der Waals surface area contributed by atoms with Crippen LogP contribution in [0.25, 0.3) is 11.0 Å². The summed E-state index contributed by atoms with van der Waals surface area (Å²) >= 11 is 0. The smallest absolute Gasteiger partial charge is 0.313 e. The Kier molecular flexibility index (Phi) is 3.71. The van der Waals surface area contributed by atoms with Crippen molar-refractivity contribution >= 4 is 17.0 Å². The minimum Gasteiger partial charge on any atom is -0.432 e. The molecule has 29 heavy (non-hydrogen) atoms. The molecule has 1 spiro atoms. The van der Waals surface area contributed by atoms with Gasteiger partial charge in [-0.3, -0.25) is 4.79 Å². The number of imidazole rings is 1. The van der Waals surface area contributed by atoms with Crippen LogP contribution in [0.3, 0.4) is 0 Å². The predicted molar refractivity (Wildman–Crippen MR) is 102 cm³/mol. The lowest BCUT2D eigenvalue weighted by Gasteiger charge is -2.58. The molecule has 4 saturated heterocycles. The van der Waals surface area contributed by atoms with Gasteiger partial charge in [0.2, 0.25) is 12.1 Å². The molecule has 0 radical (unpaired) electrons. The highest BCUT2D eigenvalue weighted by molar-refractivity contribution is 5.77. The van der Waals surface area contributed by atoms with Crippen LogP contribution in [0.2, 0.25) is 0 Å². The Morgan fingerprint density at radius 2 is 2.03 bits per heavy atom. The van der Waals surface area contributed by atoms with Crippen LogP contribution >= 0.6 is 0 Å². The second kappa shape index (κ2) is 6.03. The maximum Gasteiger partial charge on any atom is 0.313 e. The fourth-order valence-electron chi connectivity index (χ4n) is 6.19. The highest BCUT2D eigenvalue weighted by Crippen LogP contribution is 2.60. The molecule has 0 amide bonds. The molecule has 1 aromatic carbocycles. The van der Waals surface area contributed by atoms with Crippen molar-refractivity contribution in [1.82, 2.24) is 9.55 Å². The Labute approximate surface area is 169 Å². The molecular weight excluding hydrogens is 372 g/mol. The number of fused-ring (bicyclic) bond motifs is 3. The lowest BCUT2D eigenvalue weighted by molar-refractivity contribution is -0.559. The molecule has 7 rings (SSSR count). The van der Waals surface area contributed by atoms with Gasteiger partial charge in [0.05, 0.1) is 23.3 Å². The normalized spacial score (nSPS) is 43.7. The standard InChI is InChI=1S/C22H26N2O5/c1-13-7-8-16-14(11-24-12-23-17-5-3-4-6-18(17)24)19(25)26-20-22(16)15(13)9-10-21(2,27-20)28-29-22/h3-6,12-16,20H,7-11H2,1-2H3/t13-,14+,15?,16+,20-,21?,22-/m1/s1. The van der Waals surface area contributed by atoms with Crippen molar-refractivity contribution < 1.29 is 24.0 Å². The van der Waals surface area contributed by atoms with Gasteiger partial charge in [0.15, 0.2) is 5.60 Å². The van der Waals surface area contributed by atoms with Gasteiger partial charge in [-0.25, -0.2) is 14.8 Å². The summed E-state index contributed by atoms with van der Waals surface area (Å²) in [7, 11) is 0. The SMILES string of the molecule is C[C@@H]1CC[C@H]2[C@H](Cn3cnc4ccccc43)C(=O)O[C@@H]3OC4(C)CCC1[C@]32OO4. The third kappa shape index (κ3) is 2.41. The van der Waals surface area contributed by atoms with Gasteiger partial charge < -0.3 is 14.0 Å². The molecule has 1 saturated carbocycles. The number of nitrogens with zero attached hydrogens (tertiary/aromatic N) is 2. The van der Waals surface area contributed by atoms with E-state index in [2.05, 4.69) is 16.5 Å². The fraction of sp³-hybridized carbons (Fsp3) is 0.636. The summed E-state index contributed by atoms with van der Waals surface area (Å²) in [5.74, 6) is -0.701. The quantitative estimate of drug-likeness (QED) is 0.570. The van der Waals surface area contributed by atoms with Crippen molar-refractivity contribution in [2.45, 2.75) is 63.8 Å². The topological polar surface area (TPSA) is 71.8 Å². The second-order valence-electron chi connectivity index (χ2n) is 9.34. The van der Waals surface area contributed by atoms with Crippen LogP contribution in [-0.4, -0.2) is 33.2 Å². The number of esters is 1. The van der Waals surface area contributed by atoms with Crippen molar-refractivity contribution in [3.8, 4) is 0 Å². The summed E-state index contributed by atoms with van der Waals surface area (Å²) in [4.78, 5) is 29.6. The zero-order valence-corrected chi connectivity index (χ0v) is 16.7. The summed E-state index contributed by atoms with van der Waals surface area (Å²) in [6, 6.07) is 7.98.